The highest BCUT2D eigenvalue weighted by Gasteiger charge is 2.46. The number of carbonyl (C=O) groups is 4. The van der Waals surface area contributed by atoms with E-state index >= 15 is 0 Å². The van der Waals surface area contributed by atoms with Crippen LogP contribution in [0.5, 0.6) is 0 Å². The molecule has 4 rings (SSSR count). The van der Waals surface area contributed by atoms with Gasteiger partial charge in [-0.15, -0.1) is 0 Å². The van der Waals surface area contributed by atoms with E-state index in [1.165, 1.54) is 0 Å². The molecule has 1 unspecified atom stereocenters. The number of likely N-dealkylation sites (tertiary alicyclic amines) is 1. The van der Waals surface area contributed by atoms with Gasteiger partial charge < -0.3 is 30.6 Å². The first-order valence-electron chi connectivity index (χ1n) is 13.6. The predicted molar refractivity (Wildman–Crippen MR) is 142 cm³/mol. The van der Waals surface area contributed by atoms with Crippen molar-refractivity contribution in [3.63, 3.8) is 0 Å². The van der Waals surface area contributed by atoms with Gasteiger partial charge in [0.05, 0.1) is 30.8 Å². The largest absolute Gasteiger partial charge is 0.481 e. The Morgan fingerprint density at radius 1 is 1.12 bits per heavy atom. The van der Waals surface area contributed by atoms with Crippen molar-refractivity contribution in [3.8, 4) is 0 Å². The quantitative estimate of drug-likeness (QED) is 0.263. The smallest absolute Gasteiger partial charge is 0.410 e. The number of carbonyl (C=O) groups excluding carboxylic acids is 1. The predicted octanol–water partition coefficient (Wildman–Crippen LogP) is 2.59. The van der Waals surface area contributed by atoms with Crippen LogP contribution in [0.4, 0.5) is 19.0 Å². The van der Waals surface area contributed by atoms with E-state index in [0.717, 1.165) is 16.7 Å². The molecule has 2 aliphatic heterocycles. The Hall–Kier alpha value is -4.15. The van der Waals surface area contributed by atoms with E-state index < -0.39 is 48.6 Å². The molecule has 0 radical (unpaired) electrons. The molecular weight excluding hydrogens is 581 g/mol. The van der Waals surface area contributed by atoms with Crippen molar-refractivity contribution >= 4 is 29.6 Å². The zero-order valence-electron chi connectivity index (χ0n) is 23.6. The summed E-state index contributed by atoms with van der Waals surface area (Å²) >= 11 is 0. The van der Waals surface area contributed by atoms with Crippen molar-refractivity contribution in [2.45, 2.75) is 95.2 Å². The van der Waals surface area contributed by atoms with Crippen molar-refractivity contribution in [1.29, 1.82) is 0 Å². The maximum atomic E-state index is 13.6. The zero-order valence-corrected chi connectivity index (χ0v) is 23.6. The first kappa shape index (κ1) is 33.4. The summed E-state index contributed by atoms with van der Waals surface area (Å²) in [6.07, 6.45) is -0.642. The maximum Gasteiger partial charge on any atom is 0.410 e. The van der Waals surface area contributed by atoms with Gasteiger partial charge in [0.1, 0.15) is 5.82 Å². The van der Waals surface area contributed by atoms with Crippen molar-refractivity contribution in [2.24, 2.45) is 0 Å². The van der Waals surface area contributed by atoms with Crippen molar-refractivity contribution < 1.29 is 52.8 Å². The Kier molecular flexibility index (Phi) is 10.4. The molecule has 1 amide bonds. The van der Waals surface area contributed by atoms with Gasteiger partial charge in [-0.1, -0.05) is 6.92 Å². The van der Waals surface area contributed by atoms with E-state index in [1.807, 2.05) is 20.0 Å². The number of nitrogens with zero attached hydrogens (tertiary/aromatic N) is 5. The minimum Gasteiger partial charge on any atom is -0.481 e. The maximum absolute atomic E-state index is 13.6. The first-order valence-corrected chi connectivity index (χ1v) is 13.6. The number of nitrogens with one attached hydrogen (secondary N) is 1. The summed E-state index contributed by atoms with van der Waals surface area (Å²) in [7, 11) is 0. The number of rotatable bonds is 10. The van der Waals surface area contributed by atoms with Gasteiger partial charge in [-0.3, -0.25) is 19.1 Å². The van der Waals surface area contributed by atoms with Gasteiger partial charge in [-0.2, -0.15) is 23.4 Å². The van der Waals surface area contributed by atoms with E-state index in [2.05, 4.69) is 15.5 Å². The Morgan fingerprint density at radius 2 is 1.77 bits per heavy atom. The second-order valence-corrected chi connectivity index (χ2v) is 10.7. The van der Waals surface area contributed by atoms with Crippen LogP contribution in [0.1, 0.15) is 75.2 Å². The number of aliphatic carboxylic acids is 3. The van der Waals surface area contributed by atoms with Crippen molar-refractivity contribution in [1.82, 2.24) is 24.5 Å². The number of amides is 1. The van der Waals surface area contributed by atoms with Gasteiger partial charge in [0.15, 0.2) is 11.6 Å². The molecule has 17 heteroatoms. The molecular formula is C26H35F3N6O8. The van der Waals surface area contributed by atoms with Gasteiger partial charge in [0, 0.05) is 37.8 Å². The van der Waals surface area contributed by atoms with Crippen LogP contribution in [0.25, 0.3) is 0 Å². The van der Waals surface area contributed by atoms with Gasteiger partial charge in [-0.25, -0.2) is 9.48 Å². The minimum absolute atomic E-state index is 0.0246. The molecule has 0 bridgehead atoms. The van der Waals surface area contributed by atoms with E-state index in [1.54, 1.807) is 21.8 Å². The monoisotopic (exact) mass is 616 g/mol. The summed E-state index contributed by atoms with van der Waals surface area (Å²) < 4.78 is 43.7. The van der Waals surface area contributed by atoms with Crippen LogP contribution in [0.15, 0.2) is 18.5 Å². The van der Waals surface area contributed by atoms with E-state index in [4.69, 9.17) is 20.4 Å². The van der Waals surface area contributed by atoms with Crippen molar-refractivity contribution in [2.75, 3.05) is 11.9 Å². The molecule has 1 saturated heterocycles. The Labute approximate surface area is 244 Å². The second-order valence-electron chi connectivity index (χ2n) is 10.7. The summed E-state index contributed by atoms with van der Waals surface area (Å²) in [5, 5.41) is 45.5. The van der Waals surface area contributed by atoms with Gasteiger partial charge in [0.25, 0.3) is 0 Å². The SMILES string of the molecule is CC[C@@H]1C[C@H](C(F)(F)F)n2nc(C3CCCN3C(=O)CCn3cc(C)cn3)cc2N1.O=C(O)CC(O)(CC(=O)O)C(=O)O. The number of aromatic nitrogens is 4. The molecule has 2 aromatic heterocycles. The normalized spacial score (nSPS) is 20.0. The van der Waals surface area contributed by atoms with E-state index in [0.29, 0.717) is 43.9 Å². The molecule has 1 fully saturated rings. The molecule has 2 aliphatic rings. The highest BCUT2D eigenvalue weighted by molar-refractivity contribution is 5.88. The third-order valence-electron chi connectivity index (χ3n) is 7.30. The number of halogens is 3. The number of aryl methyl sites for hydroxylation is 2. The van der Waals surface area contributed by atoms with E-state index in [9.17, 15) is 32.3 Å². The summed E-state index contributed by atoms with van der Waals surface area (Å²) in [5.74, 6) is -4.66. The minimum atomic E-state index is -4.36. The fourth-order valence-electron chi connectivity index (χ4n) is 5.13. The summed E-state index contributed by atoms with van der Waals surface area (Å²) in [6, 6.07) is -0.479. The van der Waals surface area contributed by atoms with Crippen molar-refractivity contribution in [3.05, 3.63) is 29.7 Å². The van der Waals surface area contributed by atoms with Crippen LogP contribution in [0.3, 0.4) is 0 Å². The fraction of sp³-hybridized carbons (Fsp3) is 0.615. The van der Waals surface area contributed by atoms with Crippen LogP contribution in [-0.2, 0) is 25.7 Å². The number of aliphatic hydroxyl groups is 1. The lowest BCUT2D eigenvalue weighted by Crippen LogP contribution is -2.42. The van der Waals surface area contributed by atoms with Crippen LogP contribution >= 0.6 is 0 Å². The summed E-state index contributed by atoms with van der Waals surface area (Å²) in [6.45, 7) is 4.88. The lowest BCUT2D eigenvalue weighted by Gasteiger charge is -2.32. The number of alkyl halides is 3. The Morgan fingerprint density at radius 3 is 2.28 bits per heavy atom. The molecule has 0 aromatic carbocycles. The second kappa shape index (κ2) is 13.4. The number of hydrogen-bond donors (Lipinski definition) is 5. The topological polar surface area (TPSA) is 200 Å². The molecule has 0 saturated carbocycles. The Balaban J connectivity index is 0.000000331. The first-order chi connectivity index (χ1) is 20.0. The average Bonchev–Trinajstić information content (AvgIpc) is 3.64. The molecule has 0 aliphatic carbocycles. The number of anilines is 1. The number of fused-ring (bicyclic) bond motifs is 1. The molecule has 5 N–H and O–H groups in total. The van der Waals surface area contributed by atoms with Gasteiger partial charge in [-0.05, 0) is 38.2 Å². The molecule has 238 valence electrons. The standard InChI is InChI=1S/C20H27F3N6O.C6H8O7/c1-3-14-9-17(20(21,22)23)29-18(25-14)10-15(26-29)16-5-4-7-28(16)19(30)6-8-27-12-13(2)11-24-27;7-3(8)1-6(13,5(11)12)2-4(9)10/h10-12,14,16-17,25H,3-9H2,1-2H3;13H,1-2H2,(H,7,8)(H,9,10)(H,11,12)/t14-,16?,17-;/m1./s1. The Bertz CT molecular complexity index is 1310. The number of carboxylic acids is 3. The number of carboxylic acid groups (broad SMARTS) is 3. The summed E-state index contributed by atoms with van der Waals surface area (Å²) in [5.41, 5.74) is -1.18. The van der Waals surface area contributed by atoms with Crippen LogP contribution in [0.2, 0.25) is 0 Å². The van der Waals surface area contributed by atoms with Crippen LogP contribution in [-0.4, -0.2) is 93.1 Å². The third-order valence-corrected chi connectivity index (χ3v) is 7.30. The molecule has 43 heavy (non-hydrogen) atoms. The molecule has 2 aromatic rings. The lowest BCUT2D eigenvalue weighted by molar-refractivity contribution is -0.173. The van der Waals surface area contributed by atoms with Crippen LogP contribution in [0, 0.1) is 6.92 Å². The molecule has 4 heterocycles. The molecule has 14 nitrogen and oxygen atoms in total. The lowest BCUT2D eigenvalue weighted by atomic mass is 9.96. The van der Waals surface area contributed by atoms with Crippen LogP contribution < -0.4 is 5.32 Å². The molecule has 0 spiro atoms. The zero-order chi connectivity index (χ0) is 32.1. The average molecular weight is 617 g/mol. The fourth-order valence-corrected chi connectivity index (χ4v) is 5.13. The van der Waals surface area contributed by atoms with Gasteiger partial charge >= 0.3 is 24.1 Å². The third kappa shape index (κ3) is 8.46. The van der Waals surface area contributed by atoms with Gasteiger partial charge in [0.2, 0.25) is 5.91 Å². The molecule has 3 atom stereocenters. The number of hydrogen-bond acceptors (Lipinski definition) is 8. The highest BCUT2D eigenvalue weighted by Crippen LogP contribution is 2.42. The van der Waals surface area contributed by atoms with E-state index in [-0.39, 0.29) is 24.4 Å². The highest BCUT2D eigenvalue weighted by atomic mass is 19.4. The summed E-state index contributed by atoms with van der Waals surface area (Å²) in [4.78, 5) is 45.1.